The summed E-state index contributed by atoms with van der Waals surface area (Å²) in [7, 11) is 0. The molecule has 0 unspecified atom stereocenters. The fourth-order valence-electron chi connectivity index (χ4n) is 1.63. The van der Waals surface area contributed by atoms with Gasteiger partial charge >= 0.3 is 0 Å². The third-order valence-electron chi connectivity index (χ3n) is 2.69. The van der Waals surface area contributed by atoms with Crippen LogP contribution in [0.4, 0.5) is 23.2 Å². The third-order valence-corrected chi connectivity index (χ3v) is 2.69. The molecule has 2 nitrogen and oxygen atoms in total. The van der Waals surface area contributed by atoms with Crippen molar-refractivity contribution in [2.24, 2.45) is 0 Å². The van der Waals surface area contributed by atoms with Crippen LogP contribution in [-0.4, -0.2) is 0 Å². The van der Waals surface area contributed by atoms with Crippen molar-refractivity contribution in [3.05, 3.63) is 64.7 Å². The van der Waals surface area contributed by atoms with Crippen molar-refractivity contribution in [1.82, 2.24) is 0 Å². The highest BCUT2D eigenvalue weighted by atomic mass is 19.2. The fourth-order valence-corrected chi connectivity index (χ4v) is 1.63. The number of nitrogens with one attached hydrogen (secondary N) is 1. The molecule has 1 N–H and O–H groups in total. The van der Waals surface area contributed by atoms with Gasteiger partial charge in [-0.1, -0.05) is 6.07 Å². The normalized spacial score (nSPS) is 10.2. The van der Waals surface area contributed by atoms with E-state index in [2.05, 4.69) is 5.32 Å². The van der Waals surface area contributed by atoms with Gasteiger partial charge in [0.15, 0.2) is 11.6 Å². The minimum Gasteiger partial charge on any atom is -0.378 e. The lowest BCUT2D eigenvalue weighted by atomic mass is 10.1. The molecule has 0 aliphatic carbocycles. The molecule has 2 aromatic carbocycles. The van der Waals surface area contributed by atoms with Crippen molar-refractivity contribution in [3.63, 3.8) is 0 Å². The molecule has 0 aromatic heterocycles. The summed E-state index contributed by atoms with van der Waals surface area (Å²) in [5.74, 6) is -3.99. The van der Waals surface area contributed by atoms with E-state index in [-0.39, 0.29) is 17.8 Å². The van der Waals surface area contributed by atoms with E-state index in [9.17, 15) is 17.6 Å². The van der Waals surface area contributed by atoms with Gasteiger partial charge in [-0.2, -0.15) is 5.26 Å². The van der Waals surface area contributed by atoms with Crippen LogP contribution in [0.2, 0.25) is 0 Å². The third kappa shape index (κ3) is 2.72. The first kappa shape index (κ1) is 13.9. The van der Waals surface area contributed by atoms with Gasteiger partial charge in [0.05, 0.1) is 11.3 Å². The molecule has 0 aliphatic heterocycles. The number of hydrogen-bond donors (Lipinski definition) is 1. The van der Waals surface area contributed by atoms with Gasteiger partial charge in [0.25, 0.3) is 0 Å². The molecular formula is C14H8F4N2. The van der Waals surface area contributed by atoms with E-state index in [1.165, 1.54) is 18.2 Å². The maximum Gasteiger partial charge on any atom is 0.183 e. The molecule has 0 radical (unpaired) electrons. The van der Waals surface area contributed by atoms with Crippen molar-refractivity contribution < 1.29 is 17.6 Å². The zero-order valence-corrected chi connectivity index (χ0v) is 10.1. The standard InChI is InChI=1S/C14H8F4N2/c15-10-3-1-9(11(16)5-10)7-20-12-4-2-8(6-19)13(17)14(12)18/h1-5,20H,7H2. The molecule has 20 heavy (non-hydrogen) atoms. The van der Waals surface area contributed by atoms with E-state index in [1.54, 1.807) is 0 Å². The van der Waals surface area contributed by atoms with E-state index in [0.717, 1.165) is 12.1 Å². The van der Waals surface area contributed by atoms with E-state index in [1.807, 2.05) is 0 Å². The number of nitrogens with zero attached hydrogens (tertiary/aromatic N) is 1. The lowest BCUT2D eigenvalue weighted by molar-refractivity contribution is 0.508. The number of halogens is 4. The predicted octanol–water partition coefficient (Wildman–Crippen LogP) is 3.73. The summed E-state index contributed by atoms with van der Waals surface area (Å²) >= 11 is 0. The summed E-state index contributed by atoms with van der Waals surface area (Å²) < 4.78 is 53.0. The Morgan fingerprint density at radius 1 is 1.00 bits per heavy atom. The van der Waals surface area contributed by atoms with Crippen molar-refractivity contribution >= 4 is 5.69 Å². The molecule has 0 amide bonds. The molecule has 0 spiro atoms. The van der Waals surface area contributed by atoms with Gasteiger partial charge in [-0.3, -0.25) is 0 Å². The van der Waals surface area contributed by atoms with Gasteiger partial charge in [0, 0.05) is 18.2 Å². The zero-order valence-electron chi connectivity index (χ0n) is 10.1. The molecule has 0 saturated heterocycles. The summed E-state index contributed by atoms with van der Waals surface area (Å²) in [6.45, 7) is -0.144. The lowest BCUT2D eigenvalue weighted by Crippen LogP contribution is -2.05. The van der Waals surface area contributed by atoms with Gasteiger partial charge < -0.3 is 5.32 Å². The number of benzene rings is 2. The second-order valence-corrected chi connectivity index (χ2v) is 3.99. The molecule has 102 valence electrons. The van der Waals surface area contributed by atoms with Crippen LogP contribution < -0.4 is 5.32 Å². The average molecular weight is 280 g/mol. The van der Waals surface area contributed by atoms with E-state index >= 15 is 0 Å². The Kier molecular flexibility index (Phi) is 3.89. The molecule has 0 fully saturated rings. The van der Waals surface area contributed by atoms with Gasteiger partial charge in [-0.05, 0) is 18.2 Å². The van der Waals surface area contributed by atoms with Crippen LogP contribution in [0.15, 0.2) is 30.3 Å². The first-order valence-electron chi connectivity index (χ1n) is 5.59. The summed E-state index contributed by atoms with van der Waals surface area (Å²) in [6.07, 6.45) is 0. The number of rotatable bonds is 3. The zero-order chi connectivity index (χ0) is 14.7. The second kappa shape index (κ2) is 5.61. The Morgan fingerprint density at radius 2 is 1.75 bits per heavy atom. The Morgan fingerprint density at radius 3 is 2.40 bits per heavy atom. The maximum absolute atomic E-state index is 13.6. The molecule has 0 aliphatic rings. The first-order valence-corrected chi connectivity index (χ1v) is 5.59. The molecule has 0 heterocycles. The van der Waals surface area contributed by atoms with Crippen molar-refractivity contribution in [2.75, 3.05) is 5.32 Å². The van der Waals surface area contributed by atoms with E-state index in [4.69, 9.17) is 5.26 Å². The minimum atomic E-state index is -1.27. The van der Waals surface area contributed by atoms with Crippen molar-refractivity contribution in [3.8, 4) is 6.07 Å². The predicted molar refractivity (Wildman–Crippen MR) is 64.8 cm³/mol. The van der Waals surface area contributed by atoms with Crippen LogP contribution in [0.1, 0.15) is 11.1 Å². The molecule has 2 rings (SSSR count). The van der Waals surface area contributed by atoms with Crippen LogP contribution in [0.25, 0.3) is 0 Å². The molecule has 0 atom stereocenters. The van der Waals surface area contributed by atoms with Crippen molar-refractivity contribution in [2.45, 2.75) is 6.54 Å². The highest BCUT2D eigenvalue weighted by Crippen LogP contribution is 2.21. The summed E-state index contributed by atoms with van der Waals surface area (Å²) in [5.41, 5.74) is -0.512. The molecule has 2 aromatic rings. The quantitative estimate of drug-likeness (QED) is 0.870. The molecule has 0 saturated carbocycles. The SMILES string of the molecule is N#Cc1ccc(NCc2ccc(F)cc2F)c(F)c1F. The van der Waals surface area contributed by atoms with Crippen LogP contribution in [0, 0.1) is 34.6 Å². The minimum absolute atomic E-state index is 0.107. The molecule has 6 heteroatoms. The molecule has 0 bridgehead atoms. The summed E-state index contributed by atoms with van der Waals surface area (Å²) in [5, 5.41) is 11.0. The van der Waals surface area contributed by atoms with Crippen molar-refractivity contribution in [1.29, 1.82) is 5.26 Å². The highest BCUT2D eigenvalue weighted by Gasteiger charge is 2.13. The molecular weight excluding hydrogens is 272 g/mol. The Hall–Kier alpha value is -2.55. The number of anilines is 1. The largest absolute Gasteiger partial charge is 0.378 e. The highest BCUT2D eigenvalue weighted by molar-refractivity contribution is 5.50. The summed E-state index contributed by atoms with van der Waals surface area (Å²) in [6, 6.07) is 6.77. The number of nitriles is 1. The number of hydrogen-bond acceptors (Lipinski definition) is 2. The Balaban J connectivity index is 2.20. The van der Waals surface area contributed by atoms with E-state index in [0.29, 0.717) is 6.07 Å². The van der Waals surface area contributed by atoms with Gasteiger partial charge in [-0.15, -0.1) is 0 Å². The smallest absolute Gasteiger partial charge is 0.183 e. The van der Waals surface area contributed by atoms with Crippen LogP contribution in [-0.2, 0) is 6.54 Å². The fraction of sp³-hybridized carbons (Fsp3) is 0.0714. The van der Waals surface area contributed by atoms with Gasteiger partial charge in [-0.25, -0.2) is 17.6 Å². The summed E-state index contributed by atoms with van der Waals surface area (Å²) in [4.78, 5) is 0. The monoisotopic (exact) mass is 280 g/mol. The van der Waals surface area contributed by atoms with Crippen LogP contribution in [0.3, 0.4) is 0 Å². The van der Waals surface area contributed by atoms with Crippen LogP contribution in [0.5, 0.6) is 0 Å². The van der Waals surface area contributed by atoms with E-state index < -0.39 is 28.8 Å². The topological polar surface area (TPSA) is 35.8 Å². The second-order valence-electron chi connectivity index (χ2n) is 3.99. The Labute approximate surface area is 112 Å². The van der Waals surface area contributed by atoms with Crippen LogP contribution >= 0.6 is 0 Å². The maximum atomic E-state index is 13.6. The van der Waals surface area contributed by atoms with Gasteiger partial charge in [0.1, 0.15) is 17.7 Å². The first-order chi connectivity index (χ1) is 9.52. The van der Waals surface area contributed by atoms with Gasteiger partial charge in [0.2, 0.25) is 0 Å². The average Bonchev–Trinajstić information content (AvgIpc) is 2.42. The lowest BCUT2D eigenvalue weighted by Gasteiger charge is -2.09. The Bertz CT molecular complexity index is 692.